The molecule has 0 N–H and O–H groups in total. The van der Waals surface area contributed by atoms with Gasteiger partial charge in [0, 0.05) is 5.33 Å². The summed E-state index contributed by atoms with van der Waals surface area (Å²) in [7, 11) is 1.50. The van der Waals surface area contributed by atoms with E-state index >= 15 is 0 Å². The summed E-state index contributed by atoms with van der Waals surface area (Å²) in [6.45, 7) is 0. The Balaban J connectivity index is 2.60. The van der Waals surface area contributed by atoms with Gasteiger partial charge in [0.1, 0.15) is 0 Å². The molecule has 1 aliphatic carbocycles. The average Bonchev–Trinajstić information content (AvgIpc) is 2.38. The summed E-state index contributed by atoms with van der Waals surface area (Å²) in [5.74, 6) is 0.573. The highest BCUT2D eigenvalue weighted by Crippen LogP contribution is 2.29. The van der Waals surface area contributed by atoms with Crippen LogP contribution in [0.25, 0.3) is 0 Å². The standard InChI is InChI=1S/C12H21BrO2/c1-15-12(14)11-8-6-4-2-3-5-7-10(11)9-13/h10-11H,2-9H2,1H3. The van der Waals surface area contributed by atoms with Gasteiger partial charge in [0.25, 0.3) is 0 Å². The maximum absolute atomic E-state index is 11.7. The molecule has 0 aromatic heterocycles. The zero-order valence-corrected chi connectivity index (χ0v) is 11.1. The van der Waals surface area contributed by atoms with Crippen molar-refractivity contribution in [3.63, 3.8) is 0 Å². The molecule has 0 bridgehead atoms. The van der Waals surface area contributed by atoms with E-state index in [0.29, 0.717) is 5.92 Å². The third kappa shape index (κ3) is 4.13. The van der Waals surface area contributed by atoms with Gasteiger partial charge in [-0.1, -0.05) is 48.0 Å². The molecule has 3 heteroatoms. The maximum Gasteiger partial charge on any atom is 0.308 e. The van der Waals surface area contributed by atoms with Crippen LogP contribution < -0.4 is 0 Å². The number of carbonyl (C=O) groups excluding carboxylic acids is 1. The first-order valence-corrected chi connectivity index (χ1v) is 7.05. The van der Waals surface area contributed by atoms with E-state index < -0.39 is 0 Å². The van der Waals surface area contributed by atoms with Gasteiger partial charge in [-0.25, -0.2) is 0 Å². The summed E-state index contributed by atoms with van der Waals surface area (Å²) in [5, 5.41) is 0.923. The van der Waals surface area contributed by atoms with Crippen molar-refractivity contribution in [3.8, 4) is 0 Å². The van der Waals surface area contributed by atoms with E-state index in [4.69, 9.17) is 4.74 Å². The Hall–Kier alpha value is -0.0500. The molecule has 2 atom stereocenters. The van der Waals surface area contributed by atoms with Crippen molar-refractivity contribution in [1.82, 2.24) is 0 Å². The summed E-state index contributed by atoms with van der Waals surface area (Å²) in [4.78, 5) is 11.7. The second-order valence-electron chi connectivity index (χ2n) is 4.39. The van der Waals surface area contributed by atoms with Gasteiger partial charge in [0.15, 0.2) is 0 Å². The number of halogens is 1. The Morgan fingerprint density at radius 2 is 1.80 bits per heavy atom. The second-order valence-corrected chi connectivity index (χ2v) is 5.04. The minimum atomic E-state index is -0.0126. The minimum absolute atomic E-state index is 0.0126. The second kappa shape index (κ2) is 7.26. The smallest absolute Gasteiger partial charge is 0.308 e. The zero-order chi connectivity index (χ0) is 11.1. The molecular formula is C12H21BrO2. The summed E-state index contributed by atoms with van der Waals surface area (Å²) in [6, 6.07) is 0. The molecular weight excluding hydrogens is 256 g/mol. The van der Waals surface area contributed by atoms with Crippen molar-refractivity contribution in [3.05, 3.63) is 0 Å². The van der Waals surface area contributed by atoms with Crippen LogP contribution in [0.4, 0.5) is 0 Å². The number of ether oxygens (including phenoxy) is 1. The van der Waals surface area contributed by atoms with Gasteiger partial charge in [-0.2, -0.15) is 0 Å². The number of hydrogen-bond acceptors (Lipinski definition) is 2. The van der Waals surface area contributed by atoms with Crippen molar-refractivity contribution in [1.29, 1.82) is 0 Å². The normalized spacial score (nSPS) is 28.7. The first-order valence-electron chi connectivity index (χ1n) is 5.93. The van der Waals surface area contributed by atoms with Gasteiger partial charge in [-0.05, 0) is 18.8 Å². The molecule has 0 spiro atoms. The van der Waals surface area contributed by atoms with E-state index in [1.807, 2.05) is 0 Å². The van der Waals surface area contributed by atoms with E-state index in [1.165, 1.54) is 39.2 Å². The van der Waals surface area contributed by atoms with Crippen molar-refractivity contribution >= 4 is 21.9 Å². The van der Waals surface area contributed by atoms with Crippen LogP contribution in [0.3, 0.4) is 0 Å². The molecule has 0 aliphatic heterocycles. The Morgan fingerprint density at radius 1 is 1.20 bits per heavy atom. The number of carbonyl (C=O) groups is 1. The molecule has 2 unspecified atom stereocenters. The van der Waals surface area contributed by atoms with Crippen LogP contribution in [-0.4, -0.2) is 18.4 Å². The molecule has 88 valence electrons. The number of methoxy groups -OCH3 is 1. The molecule has 1 aliphatic rings. The van der Waals surface area contributed by atoms with Crippen molar-refractivity contribution in [2.45, 2.75) is 44.9 Å². The fourth-order valence-electron chi connectivity index (χ4n) is 2.38. The highest BCUT2D eigenvalue weighted by molar-refractivity contribution is 9.09. The van der Waals surface area contributed by atoms with Crippen LogP contribution in [0.1, 0.15) is 44.9 Å². The summed E-state index contributed by atoms with van der Waals surface area (Å²) in [6.07, 6.45) is 8.49. The van der Waals surface area contributed by atoms with E-state index in [-0.39, 0.29) is 11.9 Å². The first-order chi connectivity index (χ1) is 7.29. The van der Waals surface area contributed by atoms with Crippen molar-refractivity contribution in [2.75, 3.05) is 12.4 Å². The zero-order valence-electron chi connectivity index (χ0n) is 9.51. The van der Waals surface area contributed by atoms with Gasteiger partial charge >= 0.3 is 5.97 Å². The predicted octanol–water partition coefficient (Wildman–Crippen LogP) is 3.53. The van der Waals surface area contributed by atoms with Gasteiger partial charge in [0.05, 0.1) is 13.0 Å². The van der Waals surface area contributed by atoms with E-state index in [9.17, 15) is 4.79 Å². The number of alkyl halides is 1. The lowest BCUT2D eigenvalue weighted by Gasteiger charge is -2.22. The summed E-state index contributed by atoms with van der Waals surface area (Å²) < 4.78 is 4.90. The Morgan fingerprint density at radius 3 is 2.40 bits per heavy atom. The molecule has 1 fully saturated rings. The Labute approximate surface area is 101 Å². The Bertz CT molecular complexity index is 194. The number of hydrogen-bond donors (Lipinski definition) is 0. The highest BCUT2D eigenvalue weighted by atomic mass is 79.9. The highest BCUT2D eigenvalue weighted by Gasteiger charge is 2.28. The topological polar surface area (TPSA) is 26.3 Å². The van der Waals surface area contributed by atoms with E-state index in [1.54, 1.807) is 0 Å². The molecule has 0 heterocycles. The number of esters is 1. The average molecular weight is 277 g/mol. The molecule has 0 aromatic carbocycles. The SMILES string of the molecule is COC(=O)C1CCCCCCCC1CBr. The molecule has 2 nitrogen and oxygen atoms in total. The van der Waals surface area contributed by atoms with Crippen molar-refractivity contribution in [2.24, 2.45) is 11.8 Å². The van der Waals surface area contributed by atoms with E-state index in [0.717, 1.165) is 18.2 Å². The third-order valence-electron chi connectivity index (χ3n) is 3.36. The van der Waals surface area contributed by atoms with Crippen LogP contribution in [0.2, 0.25) is 0 Å². The minimum Gasteiger partial charge on any atom is -0.469 e. The Kier molecular flexibility index (Phi) is 6.30. The van der Waals surface area contributed by atoms with Crippen LogP contribution in [-0.2, 0) is 9.53 Å². The van der Waals surface area contributed by atoms with Crippen LogP contribution >= 0.6 is 15.9 Å². The lowest BCUT2D eigenvalue weighted by Crippen LogP contribution is -2.26. The number of rotatable bonds is 2. The lowest BCUT2D eigenvalue weighted by atomic mass is 9.87. The van der Waals surface area contributed by atoms with Gasteiger partial charge in [-0.15, -0.1) is 0 Å². The summed E-state index contributed by atoms with van der Waals surface area (Å²) >= 11 is 3.53. The molecule has 15 heavy (non-hydrogen) atoms. The molecule has 1 rings (SSSR count). The largest absolute Gasteiger partial charge is 0.469 e. The summed E-state index contributed by atoms with van der Waals surface area (Å²) in [5.41, 5.74) is 0. The molecule has 0 amide bonds. The predicted molar refractivity (Wildman–Crippen MR) is 65.1 cm³/mol. The van der Waals surface area contributed by atoms with Crippen LogP contribution in [0.15, 0.2) is 0 Å². The molecule has 0 saturated heterocycles. The third-order valence-corrected chi connectivity index (χ3v) is 4.19. The van der Waals surface area contributed by atoms with E-state index in [2.05, 4.69) is 15.9 Å². The fourth-order valence-corrected chi connectivity index (χ4v) is 3.16. The van der Waals surface area contributed by atoms with Crippen LogP contribution in [0.5, 0.6) is 0 Å². The van der Waals surface area contributed by atoms with Crippen LogP contribution in [0, 0.1) is 11.8 Å². The molecule has 0 aromatic rings. The monoisotopic (exact) mass is 276 g/mol. The lowest BCUT2D eigenvalue weighted by molar-refractivity contribution is -0.147. The quantitative estimate of drug-likeness (QED) is 0.570. The van der Waals surface area contributed by atoms with Gasteiger partial charge in [-0.3, -0.25) is 4.79 Å². The van der Waals surface area contributed by atoms with Gasteiger partial charge in [0.2, 0.25) is 0 Å². The fraction of sp³-hybridized carbons (Fsp3) is 0.917. The maximum atomic E-state index is 11.7. The molecule has 1 saturated carbocycles. The molecule has 0 radical (unpaired) electrons. The van der Waals surface area contributed by atoms with Gasteiger partial charge < -0.3 is 4.74 Å². The first kappa shape index (κ1) is 13.0. The van der Waals surface area contributed by atoms with Crippen molar-refractivity contribution < 1.29 is 9.53 Å².